The van der Waals surface area contributed by atoms with Crippen LogP contribution in [0.1, 0.15) is 5.56 Å². The van der Waals surface area contributed by atoms with Crippen LogP contribution >= 0.6 is 11.6 Å². The Labute approximate surface area is 99.0 Å². The number of halogens is 2. The van der Waals surface area contributed by atoms with E-state index in [0.29, 0.717) is 16.1 Å². The van der Waals surface area contributed by atoms with Crippen molar-refractivity contribution >= 4 is 17.7 Å². The maximum Gasteiger partial charge on any atom is 0.131 e. The zero-order chi connectivity index (χ0) is 11.5. The summed E-state index contributed by atoms with van der Waals surface area (Å²) in [4.78, 5) is 0. The molecule has 2 rings (SSSR count). The molecular weight excluding hydrogens is 223 g/mol. The van der Waals surface area contributed by atoms with Crippen LogP contribution in [0.3, 0.4) is 0 Å². The summed E-state index contributed by atoms with van der Waals surface area (Å²) in [6, 6.07) is 12.1. The third-order valence-corrected chi connectivity index (χ3v) is 2.72. The van der Waals surface area contributed by atoms with Crippen LogP contribution in [0.5, 0.6) is 0 Å². The van der Waals surface area contributed by atoms with E-state index in [-0.39, 0.29) is 5.82 Å². The van der Waals surface area contributed by atoms with Crippen molar-refractivity contribution in [1.82, 2.24) is 0 Å². The predicted molar refractivity (Wildman–Crippen MR) is 66.9 cm³/mol. The molecule has 0 amide bonds. The smallest absolute Gasteiger partial charge is 0.131 e. The molecule has 0 fully saturated rings. The maximum absolute atomic E-state index is 13.7. The van der Waals surface area contributed by atoms with Crippen LogP contribution in [0.4, 0.5) is 4.39 Å². The molecule has 0 aliphatic carbocycles. The molecule has 0 radical (unpaired) electrons. The maximum atomic E-state index is 13.7. The molecule has 0 bridgehead atoms. The van der Waals surface area contributed by atoms with E-state index >= 15 is 0 Å². The molecule has 0 saturated carbocycles. The third-order valence-electron chi connectivity index (χ3n) is 2.39. The van der Waals surface area contributed by atoms with E-state index in [2.05, 4.69) is 6.58 Å². The number of hydrogen-bond donors (Lipinski definition) is 0. The van der Waals surface area contributed by atoms with Gasteiger partial charge in [-0.3, -0.25) is 0 Å². The quantitative estimate of drug-likeness (QED) is 0.699. The van der Waals surface area contributed by atoms with Crippen molar-refractivity contribution in [3.63, 3.8) is 0 Å². The van der Waals surface area contributed by atoms with Crippen molar-refractivity contribution in [2.75, 3.05) is 0 Å². The van der Waals surface area contributed by atoms with Gasteiger partial charge in [-0.05, 0) is 23.8 Å². The van der Waals surface area contributed by atoms with Crippen LogP contribution in [-0.2, 0) is 0 Å². The normalized spacial score (nSPS) is 10.1. The van der Waals surface area contributed by atoms with Gasteiger partial charge in [0.1, 0.15) is 5.82 Å². The van der Waals surface area contributed by atoms with E-state index < -0.39 is 0 Å². The molecule has 2 aromatic rings. The minimum absolute atomic E-state index is 0.279. The van der Waals surface area contributed by atoms with Gasteiger partial charge < -0.3 is 0 Å². The van der Waals surface area contributed by atoms with Gasteiger partial charge >= 0.3 is 0 Å². The average Bonchev–Trinajstić information content (AvgIpc) is 2.31. The first-order valence-electron chi connectivity index (χ1n) is 4.89. The van der Waals surface area contributed by atoms with Crippen LogP contribution in [0, 0.1) is 5.82 Å². The van der Waals surface area contributed by atoms with Crippen molar-refractivity contribution < 1.29 is 4.39 Å². The zero-order valence-electron chi connectivity index (χ0n) is 8.58. The lowest BCUT2D eigenvalue weighted by molar-refractivity contribution is 0.631. The first kappa shape index (κ1) is 10.9. The summed E-state index contributed by atoms with van der Waals surface area (Å²) in [6.07, 6.45) is 1.68. The van der Waals surface area contributed by atoms with Crippen LogP contribution in [-0.4, -0.2) is 0 Å². The fourth-order valence-electron chi connectivity index (χ4n) is 1.56. The molecule has 0 saturated heterocycles. The Morgan fingerprint density at radius 3 is 2.50 bits per heavy atom. The Morgan fingerprint density at radius 2 is 1.81 bits per heavy atom. The van der Waals surface area contributed by atoms with Crippen molar-refractivity contribution in [2.24, 2.45) is 0 Å². The Morgan fingerprint density at radius 1 is 1.06 bits per heavy atom. The minimum atomic E-state index is -0.279. The largest absolute Gasteiger partial charge is 0.206 e. The SMILES string of the molecule is C=Cc1ccc(F)c(-c2ccccc2Cl)c1. The molecule has 0 atom stereocenters. The molecule has 2 heteroatoms. The Kier molecular flexibility index (Phi) is 3.07. The lowest BCUT2D eigenvalue weighted by atomic mass is 10.0. The van der Waals surface area contributed by atoms with Gasteiger partial charge in [0, 0.05) is 16.1 Å². The number of benzene rings is 2. The molecular formula is C14H10ClF. The summed E-state index contributed by atoms with van der Waals surface area (Å²) in [7, 11) is 0. The highest BCUT2D eigenvalue weighted by atomic mass is 35.5. The average molecular weight is 233 g/mol. The van der Waals surface area contributed by atoms with E-state index in [4.69, 9.17) is 11.6 Å². The molecule has 0 unspecified atom stereocenters. The van der Waals surface area contributed by atoms with E-state index in [0.717, 1.165) is 5.56 Å². The lowest BCUT2D eigenvalue weighted by Crippen LogP contribution is -1.86. The molecule has 0 aliphatic rings. The molecule has 2 aromatic carbocycles. The second-order valence-corrected chi connectivity index (χ2v) is 3.83. The van der Waals surface area contributed by atoms with Gasteiger partial charge in [-0.1, -0.05) is 48.5 Å². The van der Waals surface area contributed by atoms with Gasteiger partial charge in [0.05, 0.1) is 0 Å². The molecule has 0 N–H and O–H groups in total. The fraction of sp³-hybridized carbons (Fsp3) is 0. The van der Waals surface area contributed by atoms with Crippen LogP contribution in [0.15, 0.2) is 49.0 Å². The second kappa shape index (κ2) is 4.50. The van der Waals surface area contributed by atoms with Gasteiger partial charge in [0.25, 0.3) is 0 Å². The van der Waals surface area contributed by atoms with Gasteiger partial charge in [-0.15, -0.1) is 0 Å². The van der Waals surface area contributed by atoms with E-state index in [1.807, 2.05) is 12.1 Å². The number of rotatable bonds is 2. The van der Waals surface area contributed by atoms with Crippen molar-refractivity contribution in [2.45, 2.75) is 0 Å². The summed E-state index contributed by atoms with van der Waals surface area (Å²) < 4.78 is 13.7. The molecule has 16 heavy (non-hydrogen) atoms. The minimum Gasteiger partial charge on any atom is -0.206 e. The van der Waals surface area contributed by atoms with Crippen LogP contribution in [0.2, 0.25) is 5.02 Å². The second-order valence-electron chi connectivity index (χ2n) is 3.42. The highest BCUT2D eigenvalue weighted by Gasteiger charge is 2.08. The highest BCUT2D eigenvalue weighted by molar-refractivity contribution is 6.33. The van der Waals surface area contributed by atoms with Crippen LogP contribution in [0.25, 0.3) is 17.2 Å². The molecule has 80 valence electrons. The monoisotopic (exact) mass is 232 g/mol. The van der Waals surface area contributed by atoms with Gasteiger partial charge in [-0.2, -0.15) is 0 Å². The summed E-state index contributed by atoms with van der Waals surface area (Å²) >= 11 is 6.03. The fourth-order valence-corrected chi connectivity index (χ4v) is 1.79. The van der Waals surface area contributed by atoms with Gasteiger partial charge in [0.15, 0.2) is 0 Å². The standard InChI is InChI=1S/C14H10ClF/c1-2-10-7-8-14(16)12(9-10)11-5-3-4-6-13(11)15/h2-9H,1H2. The Bertz CT molecular complexity index is 532. The van der Waals surface area contributed by atoms with Crippen molar-refractivity contribution in [1.29, 1.82) is 0 Å². The van der Waals surface area contributed by atoms with E-state index in [9.17, 15) is 4.39 Å². The summed E-state index contributed by atoms with van der Waals surface area (Å²) in [5, 5.41) is 0.544. The molecule has 0 aliphatic heterocycles. The van der Waals surface area contributed by atoms with Gasteiger partial charge in [-0.25, -0.2) is 4.39 Å². The molecule has 0 heterocycles. The van der Waals surface area contributed by atoms with E-state index in [1.165, 1.54) is 6.07 Å². The van der Waals surface area contributed by atoms with Gasteiger partial charge in [0.2, 0.25) is 0 Å². The predicted octanol–water partition coefficient (Wildman–Crippen LogP) is 4.79. The lowest BCUT2D eigenvalue weighted by Gasteiger charge is -2.06. The molecule has 0 spiro atoms. The zero-order valence-corrected chi connectivity index (χ0v) is 9.34. The van der Waals surface area contributed by atoms with Crippen molar-refractivity contribution in [3.05, 3.63) is 65.4 Å². The molecule has 0 nitrogen and oxygen atoms in total. The summed E-state index contributed by atoms with van der Waals surface area (Å²) in [5.41, 5.74) is 2.07. The highest BCUT2D eigenvalue weighted by Crippen LogP contribution is 2.30. The van der Waals surface area contributed by atoms with Crippen LogP contribution < -0.4 is 0 Å². The topological polar surface area (TPSA) is 0 Å². The number of hydrogen-bond acceptors (Lipinski definition) is 0. The summed E-state index contributed by atoms with van der Waals surface area (Å²) in [6.45, 7) is 3.66. The molecule has 0 aromatic heterocycles. The third kappa shape index (κ3) is 2.00. The van der Waals surface area contributed by atoms with E-state index in [1.54, 1.807) is 30.3 Å². The Balaban J connectivity index is 2.63. The first-order chi connectivity index (χ1) is 7.72. The summed E-state index contributed by atoms with van der Waals surface area (Å²) in [5.74, 6) is -0.279. The first-order valence-corrected chi connectivity index (χ1v) is 5.27. The van der Waals surface area contributed by atoms with Crippen molar-refractivity contribution in [3.8, 4) is 11.1 Å². The Hall–Kier alpha value is -1.60.